The first-order valence-electron chi connectivity index (χ1n) is 25.0. The molecule has 0 aromatic rings. The molecule has 0 radical (unpaired) electrons. The van der Waals surface area contributed by atoms with Gasteiger partial charge in [-0.25, -0.2) is 0 Å². The van der Waals surface area contributed by atoms with E-state index in [2.05, 4.69) is 0 Å². The lowest BCUT2D eigenvalue weighted by Crippen LogP contribution is -2.64. The fraction of sp³-hybridized carbons (Fsp3) is 1.00. The molecule has 5 aliphatic heterocycles. The van der Waals surface area contributed by atoms with E-state index < -0.39 is 196 Å². The summed E-state index contributed by atoms with van der Waals surface area (Å²) < 4.78 is 57.1. The van der Waals surface area contributed by atoms with E-state index in [1.807, 2.05) is 0 Å². The highest BCUT2D eigenvalue weighted by atomic mass is 32.2. The number of ether oxygens (including phenoxy) is 10. The Morgan fingerprint density at radius 2 is 0.618 bits per heavy atom. The van der Waals surface area contributed by atoms with E-state index in [1.54, 1.807) is 0 Å². The van der Waals surface area contributed by atoms with Crippen LogP contribution in [0.4, 0.5) is 0 Å². The first-order valence-corrected chi connectivity index (χ1v) is 28.1. The number of hydrogen-bond acceptors (Lipinski definition) is 32. The van der Waals surface area contributed by atoms with E-state index in [9.17, 15) is 97.0 Å². The van der Waals surface area contributed by atoms with Gasteiger partial charge in [0, 0.05) is 19.8 Å². The topological polar surface area (TPSA) is 477 Å². The van der Waals surface area contributed by atoms with Gasteiger partial charge >= 0.3 is 0 Å². The summed E-state index contributed by atoms with van der Waals surface area (Å²) in [4.78, 5) is 0. The lowest BCUT2D eigenvalue weighted by molar-refractivity contribution is -0.338. The van der Waals surface area contributed by atoms with Crippen molar-refractivity contribution in [2.45, 2.75) is 170 Å². The molecule has 0 aliphatic carbocycles. The Bertz CT molecular complexity index is 1520. The summed E-state index contributed by atoms with van der Waals surface area (Å²) in [5.74, 6) is 0.976. The maximum absolute atomic E-state index is 11.0. The molecule has 448 valence electrons. The molecule has 0 aromatic carbocycles. The van der Waals surface area contributed by atoms with Crippen LogP contribution in [-0.2, 0) is 47.4 Å². The largest absolute Gasteiger partial charge is 0.396 e. The highest BCUT2D eigenvalue weighted by molar-refractivity contribution is 8.00. The first kappa shape index (κ1) is 66.7. The lowest BCUT2D eigenvalue weighted by Gasteiger charge is -2.46. The molecule has 0 amide bonds. The summed E-state index contributed by atoms with van der Waals surface area (Å²) in [7, 11) is 0. The van der Waals surface area contributed by atoms with Crippen LogP contribution in [0.15, 0.2) is 0 Å². The molecule has 5 saturated heterocycles. The number of hydrogen-bond donors (Lipinski definition) is 19. The van der Waals surface area contributed by atoms with Gasteiger partial charge in [0.25, 0.3) is 0 Å². The molecule has 0 aromatic heterocycles. The zero-order chi connectivity index (χ0) is 55.9. The van der Waals surface area contributed by atoms with Crippen molar-refractivity contribution in [3.05, 3.63) is 0 Å². The van der Waals surface area contributed by atoms with Gasteiger partial charge in [-0.3, -0.25) is 0 Å². The highest BCUT2D eigenvalue weighted by Crippen LogP contribution is 2.36. The fourth-order valence-electron chi connectivity index (χ4n) is 8.80. The van der Waals surface area contributed by atoms with Gasteiger partial charge in [0.1, 0.15) is 138 Å². The van der Waals surface area contributed by atoms with Crippen molar-refractivity contribution >= 4 is 35.3 Å². The zero-order valence-electron chi connectivity index (χ0n) is 41.5. The molecule has 5 rings (SSSR count). The molecule has 29 nitrogen and oxygen atoms in total. The zero-order valence-corrected chi connectivity index (χ0v) is 43.9. The highest BCUT2D eigenvalue weighted by Gasteiger charge is 2.53. The molecular formula is C44H80O29S3. The molecule has 5 fully saturated rings. The number of rotatable bonds is 31. The van der Waals surface area contributed by atoms with Gasteiger partial charge in [-0.15, -0.1) is 35.3 Å². The van der Waals surface area contributed by atoms with Crippen LogP contribution in [0.3, 0.4) is 0 Å². The van der Waals surface area contributed by atoms with Crippen molar-refractivity contribution in [2.24, 2.45) is 5.41 Å². The second-order valence-corrected chi connectivity index (χ2v) is 22.8. The Kier molecular flexibility index (Phi) is 28.7. The van der Waals surface area contributed by atoms with Gasteiger partial charge in [-0.05, 0) is 36.5 Å². The summed E-state index contributed by atoms with van der Waals surface area (Å²) in [5, 5.41) is 195. The smallest absolute Gasteiger partial charge is 0.187 e. The Balaban J connectivity index is 1.09. The summed E-state index contributed by atoms with van der Waals surface area (Å²) >= 11 is 3.34. The maximum Gasteiger partial charge on any atom is 0.187 e. The summed E-state index contributed by atoms with van der Waals surface area (Å²) in [6.07, 6.45) is -32.7. The van der Waals surface area contributed by atoms with Crippen molar-refractivity contribution in [3.63, 3.8) is 0 Å². The van der Waals surface area contributed by atoms with Gasteiger partial charge in [0.05, 0.1) is 64.9 Å². The normalized spacial score (nSPS) is 43.2. The minimum Gasteiger partial charge on any atom is -0.396 e. The fourth-order valence-corrected chi connectivity index (χ4v) is 12.1. The lowest BCUT2D eigenvalue weighted by atomic mass is 9.92. The van der Waals surface area contributed by atoms with Crippen LogP contribution in [0.5, 0.6) is 0 Å². The van der Waals surface area contributed by atoms with Crippen LogP contribution in [0, 0.1) is 5.41 Å². The van der Waals surface area contributed by atoms with Crippen LogP contribution in [0.2, 0.25) is 0 Å². The predicted molar refractivity (Wildman–Crippen MR) is 260 cm³/mol. The average Bonchev–Trinajstić information content (AvgIpc) is 3.42. The van der Waals surface area contributed by atoms with Crippen molar-refractivity contribution in [3.8, 4) is 0 Å². The Morgan fingerprint density at radius 3 is 0.934 bits per heavy atom. The van der Waals surface area contributed by atoms with Gasteiger partial charge in [-0.1, -0.05) is 0 Å². The van der Waals surface area contributed by atoms with E-state index in [-0.39, 0.29) is 39.6 Å². The monoisotopic (exact) mass is 1170 g/mol. The standard InChI is InChI=1S/C44H80O29S3/c45-10-19-24(51)27(54)32(59)39(67-19)72-37-22(13-48)70-42(35(62)30(37)57)75-8-2-5-65-17-44(15-50,16-64-4-1-7-74-41-34(61)29(56)26(53)21(12-47)69-41)18-66-6-3-9-76-43-36(63)31(58)38(23(14-49)71-43)73-40-33(60)28(55)25(52)20(11-46)68-40/h19-43,45-63H,1-18H2/t19-,20-,21-,22-,23-,24+,25+,26-,27+,28+,29+,30-,31-,32-,33-,34+,35-,36-,37-,38-,39+,40+,41+,42+,43+/m1/s1. The minimum atomic E-state index is -1.81. The Labute approximate surface area is 450 Å². The van der Waals surface area contributed by atoms with E-state index in [1.165, 1.54) is 0 Å². The molecule has 0 saturated carbocycles. The molecule has 0 bridgehead atoms. The number of aliphatic hydroxyl groups is 19. The summed E-state index contributed by atoms with van der Waals surface area (Å²) in [5.41, 5.74) is -4.18. The van der Waals surface area contributed by atoms with Crippen LogP contribution in [0.25, 0.3) is 0 Å². The molecule has 32 heteroatoms. The van der Waals surface area contributed by atoms with Crippen LogP contribution in [0.1, 0.15) is 19.3 Å². The van der Waals surface area contributed by atoms with E-state index in [0.29, 0.717) is 36.5 Å². The van der Waals surface area contributed by atoms with E-state index >= 15 is 0 Å². The van der Waals surface area contributed by atoms with Crippen LogP contribution >= 0.6 is 35.3 Å². The number of thioether (sulfide) groups is 3. The molecule has 0 unspecified atom stereocenters. The molecule has 76 heavy (non-hydrogen) atoms. The van der Waals surface area contributed by atoms with Gasteiger partial charge in [-0.2, -0.15) is 0 Å². The molecule has 19 N–H and O–H groups in total. The van der Waals surface area contributed by atoms with Crippen molar-refractivity contribution in [2.75, 3.05) is 96.5 Å². The minimum absolute atomic E-state index is 0.0540. The third-order valence-corrected chi connectivity index (χ3v) is 17.2. The molecule has 5 heterocycles. The quantitative estimate of drug-likeness (QED) is 0.0287. The van der Waals surface area contributed by atoms with Gasteiger partial charge in [0.2, 0.25) is 0 Å². The summed E-state index contributed by atoms with van der Waals surface area (Å²) in [6, 6.07) is 0. The molecule has 25 atom stereocenters. The van der Waals surface area contributed by atoms with E-state index in [4.69, 9.17) is 47.4 Å². The average molecular weight is 1170 g/mol. The molecule has 0 spiro atoms. The van der Waals surface area contributed by atoms with E-state index in [0.717, 1.165) is 35.3 Å². The maximum atomic E-state index is 11.0. The number of aliphatic hydroxyl groups excluding tert-OH is 19. The Morgan fingerprint density at radius 1 is 0.329 bits per heavy atom. The second kappa shape index (κ2) is 32.7. The second-order valence-electron chi connectivity index (χ2n) is 19.2. The van der Waals surface area contributed by atoms with Crippen molar-refractivity contribution in [1.82, 2.24) is 0 Å². The van der Waals surface area contributed by atoms with Crippen LogP contribution in [-0.4, -0.2) is 345 Å². The van der Waals surface area contributed by atoms with Crippen LogP contribution < -0.4 is 0 Å². The third kappa shape index (κ3) is 17.2. The third-order valence-electron chi connectivity index (χ3n) is 13.5. The van der Waals surface area contributed by atoms with Gasteiger partial charge < -0.3 is 144 Å². The van der Waals surface area contributed by atoms with Crippen molar-refractivity contribution < 1.29 is 144 Å². The molecule has 5 aliphatic rings. The Hall–Kier alpha value is -0.110. The first-order chi connectivity index (χ1) is 36.3. The van der Waals surface area contributed by atoms with Crippen molar-refractivity contribution in [1.29, 1.82) is 0 Å². The SMILES string of the molecule is OC[C@H]1O[C@@H](O[C@H]2[C@H](O)[C@@H](O)[C@H](SCCCOCC(CO)(COCCCS[C@@H]3O[C@H](CO)[C@@H](O[C@@H]4O[C@H](CO)[C@H](O)[C@H](O)[C@H]4O)[C@H](O)[C@H]3O)COCCCS[C@@H]3O[C@H](CO)[C@@H](O)[C@H](O)[C@@H]3O)O[C@@H]2CO)[C@H](O)[C@@H](O)[C@H]1O. The van der Waals surface area contributed by atoms with Gasteiger partial charge in [0.15, 0.2) is 12.6 Å². The summed E-state index contributed by atoms with van der Waals surface area (Å²) in [6.45, 7) is -3.67. The predicted octanol–water partition coefficient (Wildman–Crippen LogP) is -9.57. The molecular weight excluding hydrogens is 1090 g/mol.